The van der Waals surface area contributed by atoms with Crippen molar-refractivity contribution in [1.29, 1.82) is 0 Å². The Balaban J connectivity index is 2.11. The minimum absolute atomic E-state index is 0.0181. The monoisotopic (exact) mass is 157 g/mol. The molecule has 1 heterocycles. The molecule has 2 nitrogen and oxygen atoms in total. The van der Waals surface area contributed by atoms with E-state index in [4.69, 9.17) is 4.74 Å². The standard InChI is InChI=1S/C9H19NO/c1-9(2,3)11-7-8-5-4-6-10-8/h8,10H,4-7H2,1-3H3/t8-/m1/s1. The summed E-state index contributed by atoms with van der Waals surface area (Å²) in [5, 5.41) is 3.40. The molecule has 1 fully saturated rings. The molecule has 1 atom stereocenters. The molecule has 0 saturated carbocycles. The summed E-state index contributed by atoms with van der Waals surface area (Å²) in [6.45, 7) is 8.33. The Morgan fingerprint density at radius 2 is 2.18 bits per heavy atom. The molecule has 66 valence electrons. The highest BCUT2D eigenvalue weighted by molar-refractivity contribution is 4.74. The van der Waals surface area contributed by atoms with Crippen molar-refractivity contribution in [2.75, 3.05) is 13.2 Å². The molecule has 0 bridgehead atoms. The Bertz CT molecular complexity index is 111. The van der Waals surface area contributed by atoms with Gasteiger partial charge >= 0.3 is 0 Å². The van der Waals surface area contributed by atoms with Gasteiger partial charge in [-0.15, -0.1) is 0 Å². The van der Waals surface area contributed by atoms with Crippen LogP contribution in [0.4, 0.5) is 0 Å². The third-order valence-corrected chi connectivity index (χ3v) is 1.88. The molecule has 2 heteroatoms. The average Bonchev–Trinajstić information content (AvgIpc) is 2.32. The summed E-state index contributed by atoms with van der Waals surface area (Å²) in [6, 6.07) is 0.606. The largest absolute Gasteiger partial charge is 0.374 e. The van der Waals surface area contributed by atoms with Crippen LogP contribution in [0, 0.1) is 0 Å². The molecule has 0 aromatic carbocycles. The molecule has 0 amide bonds. The van der Waals surface area contributed by atoms with E-state index in [1.807, 2.05) is 0 Å². The summed E-state index contributed by atoms with van der Waals surface area (Å²) in [5.41, 5.74) is 0.0181. The first-order valence-corrected chi connectivity index (χ1v) is 4.45. The second kappa shape index (κ2) is 3.55. The SMILES string of the molecule is CC(C)(C)OC[C@H]1CCCN1. The lowest BCUT2D eigenvalue weighted by molar-refractivity contribution is -0.0121. The van der Waals surface area contributed by atoms with Crippen molar-refractivity contribution in [3.8, 4) is 0 Å². The van der Waals surface area contributed by atoms with Gasteiger partial charge in [-0.2, -0.15) is 0 Å². The molecule has 0 radical (unpaired) electrons. The number of nitrogens with one attached hydrogen (secondary N) is 1. The zero-order valence-corrected chi connectivity index (χ0v) is 7.81. The van der Waals surface area contributed by atoms with Crippen LogP contribution in [0.3, 0.4) is 0 Å². The molecule has 0 unspecified atom stereocenters. The lowest BCUT2D eigenvalue weighted by Gasteiger charge is -2.22. The van der Waals surface area contributed by atoms with Crippen LogP contribution in [0.25, 0.3) is 0 Å². The Morgan fingerprint density at radius 3 is 2.64 bits per heavy atom. The molecule has 1 aliphatic heterocycles. The maximum absolute atomic E-state index is 5.65. The molecule has 0 aromatic heterocycles. The van der Waals surface area contributed by atoms with E-state index in [0.29, 0.717) is 6.04 Å². The van der Waals surface area contributed by atoms with Gasteiger partial charge < -0.3 is 10.1 Å². The Labute approximate surface area is 69.3 Å². The van der Waals surface area contributed by atoms with Gasteiger partial charge in [-0.05, 0) is 40.2 Å². The van der Waals surface area contributed by atoms with Crippen molar-refractivity contribution in [2.24, 2.45) is 0 Å². The van der Waals surface area contributed by atoms with Crippen LogP contribution < -0.4 is 5.32 Å². The van der Waals surface area contributed by atoms with Crippen molar-refractivity contribution in [2.45, 2.75) is 45.3 Å². The summed E-state index contributed by atoms with van der Waals surface area (Å²) >= 11 is 0. The second-order valence-electron chi connectivity index (χ2n) is 4.22. The van der Waals surface area contributed by atoms with Crippen LogP contribution in [-0.4, -0.2) is 24.8 Å². The van der Waals surface area contributed by atoms with Gasteiger partial charge in [-0.1, -0.05) is 0 Å². The van der Waals surface area contributed by atoms with E-state index in [0.717, 1.165) is 13.2 Å². The molecule has 11 heavy (non-hydrogen) atoms. The van der Waals surface area contributed by atoms with Crippen molar-refractivity contribution < 1.29 is 4.74 Å². The first-order valence-electron chi connectivity index (χ1n) is 4.45. The number of hydrogen-bond donors (Lipinski definition) is 1. The van der Waals surface area contributed by atoms with Gasteiger partial charge in [0, 0.05) is 6.04 Å². The van der Waals surface area contributed by atoms with E-state index in [9.17, 15) is 0 Å². The molecule has 0 aliphatic carbocycles. The van der Waals surface area contributed by atoms with Crippen LogP contribution >= 0.6 is 0 Å². The first kappa shape index (κ1) is 9.01. The van der Waals surface area contributed by atoms with Crippen LogP contribution in [0.5, 0.6) is 0 Å². The fourth-order valence-corrected chi connectivity index (χ4v) is 1.25. The zero-order chi connectivity index (χ0) is 8.32. The molecule has 1 aliphatic rings. The quantitative estimate of drug-likeness (QED) is 0.656. The van der Waals surface area contributed by atoms with Gasteiger partial charge in [0.05, 0.1) is 12.2 Å². The lowest BCUT2D eigenvalue weighted by atomic mass is 10.2. The zero-order valence-electron chi connectivity index (χ0n) is 7.81. The van der Waals surface area contributed by atoms with E-state index in [1.54, 1.807) is 0 Å². The van der Waals surface area contributed by atoms with E-state index >= 15 is 0 Å². The van der Waals surface area contributed by atoms with Crippen LogP contribution in [0.15, 0.2) is 0 Å². The molecule has 1 rings (SSSR count). The molecule has 0 aromatic rings. The Morgan fingerprint density at radius 1 is 1.45 bits per heavy atom. The number of hydrogen-bond acceptors (Lipinski definition) is 2. The summed E-state index contributed by atoms with van der Waals surface area (Å²) in [5.74, 6) is 0. The molecule has 0 spiro atoms. The smallest absolute Gasteiger partial charge is 0.0626 e. The van der Waals surface area contributed by atoms with Crippen molar-refractivity contribution in [3.63, 3.8) is 0 Å². The lowest BCUT2D eigenvalue weighted by Crippen LogP contribution is -2.31. The van der Waals surface area contributed by atoms with Crippen LogP contribution in [0.1, 0.15) is 33.6 Å². The highest BCUT2D eigenvalue weighted by atomic mass is 16.5. The third-order valence-electron chi connectivity index (χ3n) is 1.88. The molecule has 1 N–H and O–H groups in total. The first-order chi connectivity index (χ1) is 5.08. The van der Waals surface area contributed by atoms with E-state index in [-0.39, 0.29) is 5.60 Å². The van der Waals surface area contributed by atoms with E-state index in [1.165, 1.54) is 12.8 Å². The van der Waals surface area contributed by atoms with Crippen molar-refractivity contribution in [1.82, 2.24) is 5.32 Å². The van der Waals surface area contributed by atoms with Crippen molar-refractivity contribution in [3.05, 3.63) is 0 Å². The topological polar surface area (TPSA) is 21.3 Å². The number of ether oxygens (including phenoxy) is 1. The maximum atomic E-state index is 5.65. The average molecular weight is 157 g/mol. The second-order valence-corrected chi connectivity index (χ2v) is 4.22. The van der Waals surface area contributed by atoms with Gasteiger partial charge in [-0.3, -0.25) is 0 Å². The maximum Gasteiger partial charge on any atom is 0.0626 e. The summed E-state index contributed by atoms with van der Waals surface area (Å²) in [4.78, 5) is 0. The number of rotatable bonds is 2. The fourth-order valence-electron chi connectivity index (χ4n) is 1.25. The highest BCUT2D eigenvalue weighted by Gasteiger charge is 2.17. The van der Waals surface area contributed by atoms with Crippen LogP contribution in [-0.2, 0) is 4.74 Å². The van der Waals surface area contributed by atoms with Gasteiger partial charge in [0.2, 0.25) is 0 Å². The predicted octanol–water partition coefficient (Wildman–Crippen LogP) is 1.55. The fraction of sp³-hybridized carbons (Fsp3) is 1.00. The highest BCUT2D eigenvalue weighted by Crippen LogP contribution is 2.11. The normalized spacial score (nSPS) is 25.9. The van der Waals surface area contributed by atoms with Gasteiger partial charge in [0.15, 0.2) is 0 Å². The van der Waals surface area contributed by atoms with E-state index in [2.05, 4.69) is 26.1 Å². The van der Waals surface area contributed by atoms with E-state index < -0.39 is 0 Å². The minimum Gasteiger partial charge on any atom is -0.374 e. The van der Waals surface area contributed by atoms with Gasteiger partial charge in [-0.25, -0.2) is 0 Å². The minimum atomic E-state index is 0.0181. The third kappa shape index (κ3) is 3.73. The summed E-state index contributed by atoms with van der Waals surface area (Å²) in [6.07, 6.45) is 2.58. The summed E-state index contributed by atoms with van der Waals surface area (Å²) < 4.78 is 5.65. The predicted molar refractivity (Wildman–Crippen MR) is 46.7 cm³/mol. The molecule has 1 saturated heterocycles. The molecular weight excluding hydrogens is 138 g/mol. The van der Waals surface area contributed by atoms with Gasteiger partial charge in [0.25, 0.3) is 0 Å². The van der Waals surface area contributed by atoms with Crippen molar-refractivity contribution >= 4 is 0 Å². The van der Waals surface area contributed by atoms with Gasteiger partial charge in [0.1, 0.15) is 0 Å². The molecular formula is C9H19NO. The Hall–Kier alpha value is -0.0800. The Kier molecular flexibility index (Phi) is 2.90. The summed E-state index contributed by atoms with van der Waals surface area (Å²) in [7, 11) is 0. The van der Waals surface area contributed by atoms with Crippen LogP contribution in [0.2, 0.25) is 0 Å².